The normalized spacial score (nSPS) is 17.4. The molecule has 3 amide bonds. The molecule has 0 aromatic rings. The third kappa shape index (κ3) is 2.08. The van der Waals surface area contributed by atoms with Crippen molar-refractivity contribution >= 4 is 23.5 Å². The summed E-state index contributed by atoms with van der Waals surface area (Å²) < 4.78 is 0. The Hall–Kier alpha value is -0.770. The van der Waals surface area contributed by atoms with Crippen molar-refractivity contribution in [2.75, 3.05) is 19.0 Å². The average molecular weight is 177 g/mol. The summed E-state index contributed by atoms with van der Waals surface area (Å²) in [4.78, 5) is 22.9. The Morgan fingerprint density at radius 3 is 2.73 bits per heavy atom. The predicted octanol–water partition coefficient (Wildman–Crippen LogP) is 0.167. The molecular formula is C6H9ClN2O2. The molecule has 1 fully saturated rings. The number of nitrogens with zero attached hydrogens (tertiary/aromatic N) is 1. The molecule has 0 aromatic heterocycles. The maximum absolute atomic E-state index is 10.8. The van der Waals surface area contributed by atoms with E-state index in [4.69, 9.17) is 11.6 Å². The lowest BCUT2D eigenvalue weighted by Crippen LogP contribution is -2.29. The number of halogens is 1. The third-order valence-corrected chi connectivity index (χ3v) is 1.70. The maximum Gasteiger partial charge on any atom is 0.324 e. The van der Waals surface area contributed by atoms with E-state index in [1.54, 1.807) is 0 Å². The van der Waals surface area contributed by atoms with E-state index in [9.17, 15) is 9.59 Å². The summed E-state index contributed by atoms with van der Waals surface area (Å²) in [6.45, 7) is 0.733. The first-order valence-corrected chi connectivity index (χ1v) is 3.92. The van der Waals surface area contributed by atoms with Gasteiger partial charge >= 0.3 is 6.03 Å². The molecule has 1 aliphatic heterocycles. The van der Waals surface area contributed by atoms with Crippen LogP contribution in [0.2, 0.25) is 0 Å². The van der Waals surface area contributed by atoms with Gasteiger partial charge in [0.2, 0.25) is 5.91 Å². The SMILES string of the molecule is O=C1CN(CCCCl)C(=O)N1. The van der Waals surface area contributed by atoms with Crippen molar-refractivity contribution in [3.8, 4) is 0 Å². The van der Waals surface area contributed by atoms with Crippen LogP contribution in [-0.4, -0.2) is 35.8 Å². The highest BCUT2D eigenvalue weighted by Gasteiger charge is 2.25. The summed E-state index contributed by atoms with van der Waals surface area (Å²) in [7, 11) is 0. The molecule has 4 nitrogen and oxygen atoms in total. The number of rotatable bonds is 3. The second-order valence-electron chi connectivity index (χ2n) is 2.32. The van der Waals surface area contributed by atoms with E-state index in [0.29, 0.717) is 12.4 Å². The van der Waals surface area contributed by atoms with Crippen molar-refractivity contribution in [3.63, 3.8) is 0 Å². The minimum atomic E-state index is -0.305. The summed E-state index contributed by atoms with van der Waals surface area (Å²) in [6, 6.07) is -0.305. The Labute approximate surface area is 69.5 Å². The zero-order valence-electron chi connectivity index (χ0n) is 5.97. The van der Waals surface area contributed by atoms with Gasteiger partial charge in [0.1, 0.15) is 6.54 Å². The largest absolute Gasteiger partial charge is 0.324 e. The van der Waals surface area contributed by atoms with Gasteiger partial charge in [0.05, 0.1) is 0 Å². The van der Waals surface area contributed by atoms with Gasteiger partial charge in [-0.3, -0.25) is 10.1 Å². The minimum Gasteiger partial charge on any atom is -0.315 e. The molecule has 62 valence electrons. The van der Waals surface area contributed by atoms with E-state index in [1.807, 2.05) is 0 Å². The number of amides is 3. The van der Waals surface area contributed by atoms with E-state index in [1.165, 1.54) is 4.90 Å². The van der Waals surface area contributed by atoms with Crippen LogP contribution in [0.5, 0.6) is 0 Å². The first-order valence-electron chi connectivity index (χ1n) is 3.39. The third-order valence-electron chi connectivity index (χ3n) is 1.43. The second-order valence-corrected chi connectivity index (χ2v) is 2.70. The highest BCUT2D eigenvalue weighted by atomic mass is 35.5. The van der Waals surface area contributed by atoms with Crippen molar-refractivity contribution in [1.29, 1.82) is 0 Å². The standard InChI is InChI=1S/C6H9ClN2O2/c7-2-1-3-9-4-5(10)8-6(9)11/h1-4H2,(H,8,10,11). The zero-order chi connectivity index (χ0) is 8.27. The number of carbonyl (C=O) groups is 2. The molecule has 0 bridgehead atoms. The molecule has 0 atom stereocenters. The molecule has 0 aliphatic carbocycles. The van der Waals surface area contributed by atoms with Gasteiger partial charge in [0, 0.05) is 12.4 Å². The number of hydrogen-bond acceptors (Lipinski definition) is 2. The van der Waals surface area contributed by atoms with E-state index < -0.39 is 0 Å². The molecule has 0 aromatic carbocycles. The smallest absolute Gasteiger partial charge is 0.315 e. The van der Waals surface area contributed by atoms with Crippen LogP contribution in [0.25, 0.3) is 0 Å². The summed E-state index contributed by atoms with van der Waals surface area (Å²) in [5.41, 5.74) is 0. The quantitative estimate of drug-likeness (QED) is 0.492. The zero-order valence-corrected chi connectivity index (χ0v) is 6.73. The van der Waals surface area contributed by atoms with Crippen molar-refractivity contribution < 1.29 is 9.59 Å². The lowest BCUT2D eigenvalue weighted by Gasteiger charge is -2.10. The van der Waals surface area contributed by atoms with Crippen molar-refractivity contribution in [2.24, 2.45) is 0 Å². The van der Waals surface area contributed by atoms with Gasteiger partial charge < -0.3 is 4.90 Å². The van der Waals surface area contributed by atoms with Gasteiger partial charge in [-0.2, -0.15) is 0 Å². The Balaban J connectivity index is 2.34. The summed E-state index contributed by atoms with van der Waals surface area (Å²) in [5, 5.41) is 2.18. The number of nitrogens with one attached hydrogen (secondary N) is 1. The van der Waals surface area contributed by atoms with Gasteiger partial charge in [0.15, 0.2) is 0 Å². The van der Waals surface area contributed by atoms with E-state index >= 15 is 0 Å². The Morgan fingerprint density at radius 1 is 1.55 bits per heavy atom. The molecule has 0 saturated carbocycles. The fourth-order valence-electron chi connectivity index (χ4n) is 0.914. The second kappa shape index (κ2) is 3.57. The lowest BCUT2D eigenvalue weighted by atomic mass is 10.4. The Kier molecular flexibility index (Phi) is 2.70. The first kappa shape index (κ1) is 8.33. The average Bonchev–Trinajstić information content (AvgIpc) is 2.26. The summed E-state index contributed by atoms with van der Waals surface area (Å²) in [6.07, 6.45) is 0.724. The molecule has 0 radical (unpaired) electrons. The van der Waals surface area contributed by atoms with Gasteiger partial charge in [-0.15, -0.1) is 11.6 Å². The minimum absolute atomic E-state index is 0.176. The van der Waals surface area contributed by atoms with Gasteiger partial charge in [-0.05, 0) is 6.42 Å². The molecule has 1 N–H and O–H groups in total. The molecule has 5 heteroatoms. The topological polar surface area (TPSA) is 49.4 Å². The number of alkyl halides is 1. The monoisotopic (exact) mass is 176 g/mol. The molecule has 0 unspecified atom stereocenters. The van der Waals surface area contributed by atoms with Crippen LogP contribution in [0.1, 0.15) is 6.42 Å². The maximum atomic E-state index is 10.8. The van der Waals surface area contributed by atoms with Gasteiger partial charge in [0.25, 0.3) is 0 Å². The number of urea groups is 1. The highest BCUT2D eigenvalue weighted by molar-refractivity contribution is 6.17. The number of carbonyl (C=O) groups excluding carboxylic acids is 2. The van der Waals surface area contributed by atoms with E-state index in [2.05, 4.69) is 5.32 Å². The van der Waals surface area contributed by atoms with Gasteiger partial charge in [-0.1, -0.05) is 0 Å². The van der Waals surface area contributed by atoms with E-state index in [-0.39, 0.29) is 18.5 Å². The molecule has 1 saturated heterocycles. The van der Waals surface area contributed by atoms with Crippen LogP contribution in [0, 0.1) is 0 Å². The number of hydrogen-bond donors (Lipinski definition) is 1. The summed E-state index contributed by atoms with van der Waals surface area (Å²) >= 11 is 5.42. The Morgan fingerprint density at radius 2 is 2.27 bits per heavy atom. The van der Waals surface area contributed by atoms with Crippen molar-refractivity contribution in [3.05, 3.63) is 0 Å². The van der Waals surface area contributed by atoms with Crippen LogP contribution in [0.3, 0.4) is 0 Å². The van der Waals surface area contributed by atoms with Crippen molar-refractivity contribution in [1.82, 2.24) is 10.2 Å². The molecular weight excluding hydrogens is 168 g/mol. The van der Waals surface area contributed by atoms with Crippen LogP contribution >= 0.6 is 11.6 Å². The molecule has 11 heavy (non-hydrogen) atoms. The Bertz CT molecular complexity index is 183. The van der Waals surface area contributed by atoms with Crippen LogP contribution < -0.4 is 5.32 Å². The predicted molar refractivity (Wildman–Crippen MR) is 40.4 cm³/mol. The van der Waals surface area contributed by atoms with E-state index in [0.717, 1.165) is 6.42 Å². The van der Waals surface area contributed by atoms with Crippen molar-refractivity contribution in [2.45, 2.75) is 6.42 Å². The molecule has 1 heterocycles. The molecule has 0 spiro atoms. The highest BCUT2D eigenvalue weighted by Crippen LogP contribution is 1.99. The van der Waals surface area contributed by atoms with Crippen LogP contribution in [-0.2, 0) is 4.79 Å². The molecule has 1 aliphatic rings. The summed E-state index contributed by atoms with van der Waals surface area (Å²) in [5.74, 6) is 0.280. The van der Waals surface area contributed by atoms with Crippen LogP contribution in [0.15, 0.2) is 0 Å². The lowest BCUT2D eigenvalue weighted by molar-refractivity contribution is -0.118. The van der Waals surface area contributed by atoms with Crippen LogP contribution in [0.4, 0.5) is 4.79 Å². The fraction of sp³-hybridized carbons (Fsp3) is 0.667. The number of imide groups is 1. The molecule has 1 rings (SSSR count). The first-order chi connectivity index (χ1) is 5.24. The fourth-order valence-corrected chi connectivity index (χ4v) is 1.03. The van der Waals surface area contributed by atoms with Gasteiger partial charge in [-0.25, -0.2) is 4.79 Å².